The van der Waals surface area contributed by atoms with Crippen molar-refractivity contribution in [3.05, 3.63) is 35.4 Å². The second-order valence-electron chi connectivity index (χ2n) is 5.98. The van der Waals surface area contributed by atoms with Crippen LogP contribution in [-0.2, 0) is 16.1 Å². The molecule has 1 aromatic rings. The molecule has 2 N–H and O–H groups in total. The van der Waals surface area contributed by atoms with Crippen LogP contribution in [0.15, 0.2) is 24.3 Å². The summed E-state index contributed by atoms with van der Waals surface area (Å²) in [4.78, 5) is 2.46. The highest BCUT2D eigenvalue weighted by molar-refractivity contribution is 5.25. The molecule has 2 rings (SSSR count). The smallest absolute Gasteiger partial charge is 0.0713 e. The van der Waals surface area contributed by atoms with Crippen LogP contribution >= 0.6 is 0 Å². The Labute approximate surface area is 121 Å². The summed E-state index contributed by atoms with van der Waals surface area (Å²) in [6.07, 6.45) is 0. The number of nitrogens with two attached hydrogens (primary N) is 1. The molecule has 0 spiro atoms. The molecule has 112 valence electrons. The predicted molar refractivity (Wildman–Crippen MR) is 80.6 cm³/mol. The Hall–Kier alpha value is -0.940. The van der Waals surface area contributed by atoms with Gasteiger partial charge in [-0.3, -0.25) is 4.90 Å². The van der Waals surface area contributed by atoms with E-state index >= 15 is 0 Å². The van der Waals surface area contributed by atoms with Crippen molar-refractivity contribution in [2.75, 3.05) is 33.4 Å². The SMILES string of the molecule is COCc1ccc(C(CN)N2CCOCC2(C)C)cc1. The maximum atomic E-state index is 6.05. The lowest BCUT2D eigenvalue weighted by Crippen LogP contribution is -2.55. The monoisotopic (exact) mass is 278 g/mol. The fourth-order valence-corrected chi connectivity index (χ4v) is 2.89. The normalized spacial score (nSPS) is 20.8. The zero-order chi connectivity index (χ0) is 14.6. The van der Waals surface area contributed by atoms with Gasteiger partial charge in [0, 0.05) is 31.8 Å². The van der Waals surface area contributed by atoms with Gasteiger partial charge in [-0.15, -0.1) is 0 Å². The van der Waals surface area contributed by atoms with Crippen molar-refractivity contribution in [1.29, 1.82) is 0 Å². The van der Waals surface area contributed by atoms with E-state index in [1.807, 2.05) is 0 Å². The largest absolute Gasteiger partial charge is 0.380 e. The molecule has 1 atom stereocenters. The van der Waals surface area contributed by atoms with Gasteiger partial charge in [0.2, 0.25) is 0 Å². The zero-order valence-electron chi connectivity index (χ0n) is 12.8. The number of morpholine rings is 1. The molecule has 1 saturated heterocycles. The van der Waals surface area contributed by atoms with Gasteiger partial charge < -0.3 is 15.2 Å². The fraction of sp³-hybridized carbons (Fsp3) is 0.625. The van der Waals surface area contributed by atoms with Gasteiger partial charge in [0.25, 0.3) is 0 Å². The number of ether oxygens (including phenoxy) is 2. The van der Waals surface area contributed by atoms with Crippen LogP contribution in [0.25, 0.3) is 0 Å². The summed E-state index contributed by atoms with van der Waals surface area (Å²) in [6, 6.07) is 8.81. The minimum atomic E-state index is 0.0213. The van der Waals surface area contributed by atoms with Crippen molar-refractivity contribution >= 4 is 0 Å². The number of hydrogen-bond acceptors (Lipinski definition) is 4. The van der Waals surface area contributed by atoms with E-state index in [1.54, 1.807) is 7.11 Å². The molecule has 1 unspecified atom stereocenters. The Balaban J connectivity index is 2.18. The first-order chi connectivity index (χ1) is 9.58. The zero-order valence-corrected chi connectivity index (χ0v) is 12.8. The van der Waals surface area contributed by atoms with Crippen molar-refractivity contribution in [3.63, 3.8) is 0 Å². The molecule has 0 aromatic heterocycles. The maximum Gasteiger partial charge on any atom is 0.0713 e. The van der Waals surface area contributed by atoms with Crippen LogP contribution in [0.1, 0.15) is 31.0 Å². The van der Waals surface area contributed by atoms with Crippen molar-refractivity contribution in [2.24, 2.45) is 5.73 Å². The van der Waals surface area contributed by atoms with Crippen LogP contribution in [0.5, 0.6) is 0 Å². The predicted octanol–water partition coefficient (Wildman–Crippen LogP) is 1.94. The van der Waals surface area contributed by atoms with E-state index < -0.39 is 0 Å². The van der Waals surface area contributed by atoms with Gasteiger partial charge in [0.05, 0.1) is 19.8 Å². The van der Waals surface area contributed by atoms with Crippen molar-refractivity contribution in [1.82, 2.24) is 4.90 Å². The molecule has 1 aliphatic rings. The first-order valence-electron chi connectivity index (χ1n) is 7.21. The highest BCUT2D eigenvalue weighted by atomic mass is 16.5. The number of benzene rings is 1. The highest BCUT2D eigenvalue weighted by Crippen LogP contribution is 2.30. The van der Waals surface area contributed by atoms with Crippen LogP contribution in [-0.4, -0.2) is 43.9 Å². The Kier molecular flexibility index (Phi) is 5.16. The van der Waals surface area contributed by atoms with E-state index in [9.17, 15) is 0 Å². The maximum absolute atomic E-state index is 6.05. The fourth-order valence-electron chi connectivity index (χ4n) is 2.89. The third-order valence-corrected chi connectivity index (χ3v) is 3.98. The molecular weight excluding hydrogens is 252 g/mol. The second kappa shape index (κ2) is 6.68. The molecule has 0 amide bonds. The lowest BCUT2D eigenvalue weighted by Gasteiger charge is -2.46. The second-order valence-corrected chi connectivity index (χ2v) is 5.98. The van der Waals surface area contributed by atoms with Gasteiger partial charge in [-0.2, -0.15) is 0 Å². The number of nitrogens with zero attached hydrogens (tertiary/aromatic N) is 1. The van der Waals surface area contributed by atoms with Crippen LogP contribution in [0.3, 0.4) is 0 Å². The molecule has 1 heterocycles. The lowest BCUT2D eigenvalue weighted by molar-refractivity contribution is -0.0712. The number of hydrogen-bond donors (Lipinski definition) is 1. The van der Waals surface area contributed by atoms with Gasteiger partial charge in [0.15, 0.2) is 0 Å². The van der Waals surface area contributed by atoms with Gasteiger partial charge in [-0.1, -0.05) is 24.3 Å². The van der Waals surface area contributed by atoms with Gasteiger partial charge in [0.1, 0.15) is 0 Å². The summed E-state index contributed by atoms with van der Waals surface area (Å²) in [7, 11) is 1.72. The summed E-state index contributed by atoms with van der Waals surface area (Å²) in [5.74, 6) is 0. The molecule has 4 heteroatoms. The molecule has 0 radical (unpaired) electrons. The third kappa shape index (κ3) is 3.38. The quantitative estimate of drug-likeness (QED) is 0.894. The molecule has 4 nitrogen and oxygen atoms in total. The summed E-state index contributed by atoms with van der Waals surface area (Å²) in [5, 5.41) is 0. The summed E-state index contributed by atoms with van der Waals surface area (Å²) in [5.41, 5.74) is 8.52. The van der Waals surface area contributed by atoms with Crippen molar-refractivity contribution < 1.29 is 9.47 Å². The average Bonchev–Trinajstić information content (AvgIpc) is 2.43. The molecule has 1 fully saturated rings. The van der Waals surface area contributed by atoms with E-state index in [-0.39, 0.29) is 11.6 Å². The van der Waals surface area contributed by atoms with E-state index in [0.29, 0.717) is 13.2 Å². The summed E-state index contributed by atoms with van der Waals surface area (Å²) >= 11 is 0. The first-order valence-corrected chi connectivity index (χ1v) is 7.21. The molecule has 0 saturated carbocycles. The molecule has 0 bridgehead atoms. The molecule has 1 aliphatic heterocycles. The van der Waals surface area contributed by atoms with E-state index in [2.05, 4.69) is 43.0 Å². The Bertz CT molecular complexity index is 417. The lowest BCUT2D eigenvalue weighted by atomic mass is 9.95. The Morgan fingerprint density at radius 2 is 2.05 bits per heavy atom. The van der Waals surface area contributed by atoms with Crippen LogP contribution in [0.4, 0.5) is 0 Å². The molecule has 0 aliphatic carbocycles. The van der Waals surface area contributed by atoms with E-state index in [0.717, 1.165) is 19.8 Å². The molecular formula is C16H26N2O2. The van der Waals surface area contributed by atoms with Crippen LogP contribution in [0.2, 0.25) is 0 Å². The van der Waals surface area contributed by atoms with Crippen molar-refractivity contribution in [2.45, 2.75) is 32.0 Å². The molecule has 20 heavy (non-hydrogen) atoms. The van der Waals surface area contributed by atoms with Crippen LogP contribution in [0, 0.1) is 0 Å². The summed E-state index contributed by atoms with van der Waals surface area (Å²) < 4.78 is 10.7. The standard InChI is InChI=1S/C16H26N2O2/c1-16(2)12-20-9-8-18(16)15(10-17)14-6-4-13(5-7-14)11-19-3/h4-7,15H,8-12,17H2,1-3H3. The third-order valence-electron chi connectivity index (χ3n) is 3.98. The van der Waals surface area contributed by atoms with Gasteiger partial charge in [-0.25, -0.2) is 0 Å². The van der Waals surface area contributed by atoms with E-state index in [1.165, 1.54) is 11.1 Å². The number of rotatable bonds is 5. The Morgan fingerprint density at radius 3 is 2.60 bits per heavy atom. The number of methoxy groups -OCH3 is 1. The minimum Gasteiger partial charge on any atom is -0.380 e. The first kappa shape index (κ1) is 15.4. The average molecular weight is 278 g/mol. The van der Waals surface area contributed by atoms with Gasteiger partial charge >= 0.3 is 0 Å². The summed E-state index contributed by atoms with van der Waals surface area (Å²) in [6.45, 7) is 8.16. The van der Waals surface area contributed by atoms with E-state index in [4.69, 9.17) is 15.2 Å². The van der Waals surface area contributed by atoms with Crippen molar-refractivity contribution in [3.8, 4) is 0 Å². The minimum absolute atomic E-state index is 0.0213. The topological polar surface area (TPSA) is 47.7 Å². The van der Waals surface area contributed by atoms with Crippen LogP contribution < -0.4 is 5.73 Å². The highest BCUT2D eigenvalue weighted by Gasteiger charge is 2.35. The van der Waals surface area contributed by atoms with Gasteiger partial charge in [-0.05, 0) is 25.0 Å². The molecule has 1 aromatic carbocycles. The Morgan fingerprint density at radius 1 is 1.35 bits per heavy atom.